The molecule has 22 heavy (non-hydrogen) atoms. The molecule has 0 radical (unpaired) electrons. The van der Waals surface area contributed by atoms with Crippen molar-refractivity contribution < 1.29 is 4.79 Å². The summed E-state index contributed by atoms with van der Waals surface area (Å²) in [4.78, 5) is 27.4. The molecule has 0 bridgehead atoms. The highest BCUT2D eigenvalue weighted by atomic mass is 16.1. The third kappa shape index (κ3) is 3.97. The second-order valence-electron chi connectivity index (χ2n) is 5.69. The zero-order chi connectivity index (χ0) is 15.9. The van der Waals surface area contributed by atoms with Gasteiger partial charge in [-0.1, -0.05) is 38.3 Å². The molecule has 4 nitrogen and oxygen atoms in total. The van der Waals surface area contributed by atoms with Gasteiger partial charge in [0.05, 0.1) is 6.54 Å². The standard InChI is InChI=1S/C18H24N2O2/c1-3-4-5-6-11-17(21)19-12-16-13(2)18(22)14-9-7-8-10-15(14)20-16/h7-10H,3-6,11-12H2,1-2H3,(H,19,21)(H,20,22). The zero-order valence-corrected chi connectivity index (χ0v) is 13.4. The van der Waals surface area contributed by atoms with Crippen molar-refractivity contribution in [1.82, 2.24) is 10.3 Å². The van der Waals surface area contributed by atoms with Crippen LogP contribution >= 0.6 is 0 Å². The van der Waals surface area contributed by atoms with E-state index in [2.05, 4.69) is 17.2 Å². The summed E-state index contributed by atoms with van der Waals surface area (Å²) in [6.07, 6.45) is 4.91. The van der Waals surface area contributed by atoms with Crippen molar-refractivity contribution >= 4 is 16.8 Å². The van der Waals surface area contributed by atoms with Crippen LogP contribution in [-0.4, -0.2) is 10.9 Å². The molecule has 2 rings (SSSR count). The van der Waals surface area contributed by atoms with Crippen LogP contribution in [-0.2, 0) is 11.3 Å². The largest absolute Gasteiger partial charge is 0.356 e. The van der Waals surface area contributed by atoms with E-state index in [0.717, 1.165) is 24.1 Å². The molecular formula is C18H24N2O2. The molecule has 1 amide bonds. The Morgan fingerprint density at radius 1 is 1.18 bits per heavy atom. The van der Waals surface area contributed by atoms with Gasteiger partial charge < -0.3 is 10.3 Å². The fourth-order valence-corrected chi connectivity index (χ4v) is 2.55. The van der Waals surface area contributed by atoms with Gasteiger partial charge in [-0.05, 0) is 25.5 Å². The van der Waals surface area contributed by atoms with Crippen LogP contribution in [0.3, 0.4) is 0 Å². The summed E-state index contributed by atoms with van der Waals surface area (Å²) in [6, 6.07) is 7.45. The number of aromatic amines is 1. The maximum atomic E-state index is 12.3. The first-order chi connectivity index (χ1) is 10.6. The van der Waals surface area contributed by atoms with E-state index in [9.17, 15) is 9.59 Å². The summed E-state index contributed by atoms with van der Waals surface area (Å²) in [6.45, 7) is 4.32. The number of para-hydroxylation sites is 1. The molecule has 1 aromatic heterocycles. The number of H-pyrrole nitrogens is 1. The van der Waals surface area contributed by atoms with Gasteiger partial charge in [0.2, 0.25) is 5.91 Å². The third-order valence-electron chi connectivity index (χ3n) is 3.97. The average Bonchev–Trinajstić information content (AvgIpc) is 2.53. The number of benzene rings is 1. The Labute approximate surface area is 130 Å². The Bertz CT molecular complexity index is 704. The number of carbonyl (C=O) groups excluding carboxylic acids is 1. The number of amides is 1. The lowest BCUT2D eigenvalue weighted by molar-refractivity contribution is -0.121. The minimum absolute atomic E-state index is 0.0292. The van der Waals surface area contributed by atoms with Gasteiger partial charge in [0.1, 0.15) is 0 Å². The molecule has 4 heteroatoms. The van der Waals surface area contributed by atoms with Crippen LogP contribution in [0.2, 0.25) is 0 Å². The van der Waals surface area contributed by atoms with Crippen molar-refractivity contribution in [2.75, 3.05) is 0 Å². The highest BCUT2D eigenvalue weighted by Gasteiger charge is 2.09. The van der Waals surface area contributed by atoms with E-state index in [1.807, 2.05) is 24.3 Å². The van der Waals surface area contributed by atoms with Crippen LogP contribution in [0.1, 0.15) is 50.3 Å². The number of pyridine rings is 1. The highest BCUT2D eigenvalue weighted by Crippen LogP contribution is 2.11. The van der Waals surface area contributed by atoms with Crippen molar-refractivity contribution in [3.8, 4) is 0 Å². The second kappa shape index (κ2) is 7.78. The maximum absolute atomic E-state index is 12.3. The highest BCUT2D eigenvalue weighted by molar-refractivity contribution is 5.79. The molecule has 0 saturated heterocycles. The molecule has 0 aliphatic carbocycles. The molecule has 2 aromatic rings. The summed E-state index contributed by atoms with van der Waals surface area (Å²) in [5.74, 6) is 0.0458. The summed E-state index contributed by atoms with van der Waals surface area (Å²) in [5.41, 5.74) is 2.29. The second-order valence-corrected chi connectivity index (χ2v) is 5.69. The lowest BCUT2D eigenvalue weighted by Gasteiger charge is -2.10. The molecule has 118 valence electrons. The smallest absolute Gasteiger partial charge is 0.220 e. The molecule has 0 spiro atoms. The van der Waals surface area contributed by atoms with E-state index in [-0.39, 0.29) is 11.3 Å². The Morgan fingerprint density at radius 3 is 2.73 bits per heavy atom. The SMILES string of the molecule is CCCCCCC(=O)NCc1[nH]c2ccccc2c(=O)c1C. The first kappa shape index (κ1) is 16.3. The van der Waals surface area contributed by atoms with Crippen molar-refractivity contribution in [2.24, 2.45) is 0 Å². The summed E-state index contributed by atoms with van der Waals surface area (Å²) in [5, 5.41) is 3.59. The zero-order valence-electron chi connectivity index (χ0n) is 13.4. The first-order valence-electron chi connectivity index (χ1n) is 8.00. The number of hydrogen-bond donors (Lipinski definition) is 2. The molecule has 0 unspecified atom stereocenters. The minimum atomic E-state index is 0.0292. The van der Waals surface area contributed by atoms with E-state index in [4.69, 9.17) is 0 Å². The monoisotopic (exact) mass is 300 g/mol. The van der Waals surface area contributed by atoms with Gasteiger partial charge in [-0.2, -0.15) is 0 Å². The summed E-state index contributed by atoms with van der Waals surface area (Å²) < 4.78 is 0. The number of aromatic nitrogens is 1. The molecule has 1 aromatic carbocycles. The first-order valence-corrected chi connectivity index (χ1v) is 8.00. The predicted octanol–water partition coefficient (Wildman–Crippen LogP) is 3.42. The van der Waals surface area contributed by atoms with Crippen molar-refractivity contribution in [3.05, 3.63) is 45.7 Å². The quantitative estimate of drug-likeness (QED) is 0.770. The van der Waals surface area contributed by atoms with Crippen molar-refractivity contribution in [2.45, 2.75) is 52.5 Å². The Kier molecular flexibility index (Phi) is 5.75. The van der Waals surface area contributed by atoms with Crippen LogP contribution in [0.15, 0.2) is 29.1 Å². The molecule has 0 saturated carbocycles. The van der Waals surface area contributed by atoms with Crippen LogP contribution in [0, 0.1) is 6.92 Å². The normalized spacial score (nSPS) is 10.8. The molecule has 2 N–H and O–H groups in total. The summed E-state index contributed by atoms with van der Waals surface area (Å²) in [7, 11) is 0. The number of unbranched alkanes of at least 4 members (excludes halogenated alkanes) is 3. The van der Waals surface area contributed by atoms with E-state index < -0.39 is 0 Å². The summed E-state index contributed by atoms with van der Waals surface area (Å²) >= 11 is 0. The van der Waals surface area contributed by atoms with Crippen LogP contribution in [0.4, 0.5) is 0 Å². The van der Waals surface area contributed by atoms with Gasteiger partial charge in [0, 0.05) is 28.6 Å². The maximum Gasteiger partial charge on any atom is 0.220 e. The Hall–Kier alpha value is -2.10. The van der Waals surface area contributed by atoms with Gasteiger partial charge in [-0.25, -0.2) is 0 Å². The molecule has 0 aliphatic heterocycles. The lowest BCUT2D eigenvalue weighted by atomic mass is 10.1. The van der Waals surface area contributed by atoms with Crippen molar-refractivity contribution in [1.29, 1.82) is 0 Å². The van der Waals surface area contributed by atoms with E-state index in [0.29, 0.717) is 23.9 Å². The van der Waals surface area contributed by atoms with Gasteiger partial charge in [0.15, 0.2) is 5.43 Å². The van der Waals surface area contributed by atoms with Gasteiger partial charge in [0.25, 0.3) is 0 Å². The van der Waals surface area contributed by atoms with Gasteiger partial charge in [-0.15, -0.1) is 0 Å². The van der Waals surface area contributed by atoms with Crippen LogP contribution in [0.25, 0.3) is 10.9 Å². The molecular weight excluding hydrogens is 276 g/mol. The fourth-order valence-electron chi connectivity index (χ4n) is 2.55. The number of rotatable bonds is 7. The Morgan fingerprint density at radius 2 is 1.95 bits per heavy atom. The van der Waals surface area contributed by atoms with Crippen LogP contribution < -0.4 is 10.7 Å². The minimum Gasteiger partial charge on any atom is -0.356 e. The predicted molar refractivity (Wildman–Crippen MR) is 89.9 cm³/mol. The number of fused-ring (bicyclic) bond motifs is 1. The number of nitrogens with one attached hydrogen (secondary N) is 2. The van der Waals surface area contributed by atoms with E-state index in [1.54, 1.807) is 6.92 Å². The van der Waals surface area contributed by atoms with Gasteiger partial charge in [-0.3, -0.25) is 9.59 Å². The van der Waals surface area contributed by atoms with Crippen LogP contribution in [0.5, 0.6) is 0 Å². The molecule has 0 fully saturated rings. The van der Waals surface area contributed by atoms with Crippen molar-refractivity contribution in [3.63, 3.8) is 0 Å². The number of hydrogen-bond acceptors (Lipinski definition) is 2. The fraction of sp³-hybridized carbons (Fsp3) is 0.444. The topological polar surface area (TPSA) is 62.0 Å². The van der Waals surface area contributed by atoms with E-state index >= 15 is 0 Å². The molecule has 0 atom stereocenters. The van der Waals surface area contributed by atoms with E-state index in [1.165, 1.54) is 12.8 Å². The average molecular weight is 300 g/mol. The van der Waals surface area contributed by atoms with Gasteiger partial charge >= 0.3 is 0 Å². The number of carbonyl (C=O) groups is 1. The third-order valence-corrected chi connectivity index (χ3v) is 3.97. The Balaban J connectivity index is 2.01. The molecule has 0 aliphatic rings. The molecule has 1 heterocycles. The lowest BCUT2D eigenvalue weighted by Crippen LogP contribution is -2.25.